The molecule has 0 spiro atoms. The first kappa shape index (κ1) is 19.0. The Balaban J connectivity index is 2.10. The van der Waals surface area contributed by atoms with Crippen molar-refractivity contribution in [2.75, 3.05) is 5.32 Å². The second-order valence-electron chi connectivity index (χ2n) is 4.91. The van der Waals surface area contributed by atoms with Crippen LogP contribution in [0.15, 0.2) is 47.4 Å². The van der Waals surface area contributed by atoms with E-state index in [4.69, 9.17) is 34.8 Å². The largest absolute Gasteiger partial charge is 0.323 e. The predicted molar refractivity (Wildman–Crippen MR) is 96.3 cm³/mol. The smallest absolute Gasteiger partial charge is 0.242 e. The molecule has 2 aromatic carbocycles. The van der Waals surface area contributed by atoms with E-state index in [0.717, 1.165) is 0 Å². The Bertz CT molecular complexity index is 855. The Morgan fingerprint density at radius 3 is 2.21 bits per heavy atom. The summed E-state index contributed by atoms with van der Waals surface area (Å²) in [4.78, 5) is 12.2. The lowest BCUT2D eigenvalue weighted by molar-refractivity contribution is -0.117. The van der Waals surface area contributed by atoms with Crippen LogP contribution in [0.3, 0.4) is 0 Å². The van der Waals surface area contributed by atoms with Gasteiger partial charge in [-0.3, -0.25) is 4.79 Å². The Morgan fingerprint density at radius 2 is 1.58 bits per heavy atom. The van der Waals surface area contributed by atoms with E-state index in [1.807, 2.05) is 0 Å². The predicted octanol–water partition coefficient (Wildman–Crippen LogP) is 3.95. The van der Waals surface area contributed by atoms with Crippen molar-refractivity contribution >= 4 is 56.4 Å². The zero-order chi connectivity index (χ0) is 17.9. The van der Waals surface area contributed by atoms with Crippen molar-refractivity contribution in [1.82, 2.24) is 4.72 Å². The molecule has 0 aliphatic heterocycles. The number of anilines is 1. The molecule has 9 heteroatoms. The van der Waals surface area contributed by atoms with Crippen LogP contribution in [-0.4, -0.2) is 20.4 Å². The fourth-order valence-electron chi connectivity index (χ4n) is 1.80. The molecule has 2 aromatic rings. The van der Waals surface area contributed by atoms with Gasteiger partial charge in [0, 0.05) is 10.0 Å². The van der Waals surface area contributed by atoms with Crippen molar-refractivity contribution in [3.05, 3.63) is 57.5 Å². The Kier molecular flexibility index (Phi) is 6.11. The molecular formula is C15H13Cl3N2O3S. The lowest BCUT2D eigenvalue weighted by Gasteiger charge is -2.15. The fourth-order valence-corrected chi connectivity index (χ4v) is 3.47. The van der Waals surface area contributed by atoms with Gasteiger partial charge in [0.25, 0.3) is 0 Å². The van der Waals surface area contributed by atoms with Crippen molar-refractivity contribution in [1.29, 1.82) is 0 Å². The lowest BCUT2D eigenvalue weighted by atomic mass is 10.3. The quantitative estimate of drug-likeness (QED) is 0.788. The zero-order valence-corrected chi connectivity index (χ0v) is 15.5. The summed E-state index contributed by atoms with van der Waals surface area (Å²) < 4.78 is 26.8. The van der Waals surface area contributed by atoms with Gasteiger partial charge < -0.3 is 5.32 Å². The van der Waals surface area contributed by atoms with E-state index in [0.29, 0.717) is 20.8 Å². The van der Waals surface area contributed by atoms with Crippen molar-refractivity contribution < 1.29 is 13.2 Å². The first-order chi connectivity index (χ1) is 11.2. The third kappa shape index (κ3) is 4.84. The molecule has 0 saturated heterocycles. The fraction of sp³-hybridized carbons (Fsp3) is 0.133. The molecule has 1 atom stereocenters. The maximum absolute atomic E-state index is 12.3. The Hall–Kier alpha value is -1.31. The van der Waals surface area contributed by atoms with E-state index >= 15 is 0 Å². The van der Waals surface area contributed by atoms with Crippen LogP contribution in [0.25, 0.3) is 0 Å². The zero-order valence-electron chi connectivity index (χ0n) is 12.4. The van der Waals surface area contributed by atoms with Crippen LogP contribution < -0.4 is 10.0 Å². The molecule has 0 bridgehead atoms. The van der Waals surface area contributed by atoms with Crippen LogP contribution in [0.4, 0.5) is 5.69 Å². The molecule has 0 fully saturated rings. The summed E-state index contributed by atoms with van der Waals surface area (Å²) in [6.07, 6.45) is 0. The average Bonchev–Trinajstić information content (AvgIpc) is 2.51. The molecule has 1 amide bonds. The van der Waals surface area contributed by atoms with Gasteiger partial charge in [-0.15, -0.1) is 0 Å². The van der Waals surface area contributed by atoms with E-state index in [2.05, 4.69) is 10.0 Å². The van der Waals surface area contributed by atoms with E-state index in [9.17, 15) is 13.2 Å². The van der Waals surface area contributed by atoms with E-state index in [-0.39, 0.29) is 4.90 Å². The van der Waals surface area contributed by atoms with Gasteiger partial charge in [-0.25, -0.2) is 8.42 Å². The van der Waals surface area contributed by atoms with Crippen LogP contribution in [0.1, 0.15) is 6.92 Å². The van der Waals surface area contributed by atoms with Crippen LogP contribution in [0, 0.1) is 0 Å². The average molecular weight is 408 g/mol. The van der Waals surface area contributed by atoms with Gasteiger partial charge >= 0.3 is 0 Å². The standard InChI is InChI=1S/C15H13Cl3N2O3S/c1-9(15(21)19-14-8-11(17)4-7-13(14)18)20-24(22,23)12-5-2-10(16)3-6-12/h2-9,20H,1H3,(H,19,21)/t9-/m1/s1. The van der Waals surface area contributed by atoms with Gasteiger partial charge in [0.2, 0.25) is 15.9 Å². The summed E-state index contributed by atoms with van der Waals surface area (Å²) >= 11 is 17.5. The van der Waals surface area contributed by atoms with E-state index in [1.54, 1.807) is 6.07 Å². The van der Waals surface area contributed by atoms with E-state index in [1.165, 1.54) is 43.3 Å². The molecule has 0 aromatic heterocycles. The molecule has 5 nitrogen and oxygen atoms in total. The summed E-state index contributed by atoms with van der Waals surface area (Å²) in [7, 11) is -3.86. The molecule has 0 heterocycles. The number of hydrogen-bond donors (Lipinski definition) is 2. The molecular weight excluding hydrogens is 395 g/mol. The minimum absolute atomic E-state index is 0.00679. The van der Waals surface area contributed by atoms with Crippen LogP contribution in [0.2, 0.25) is 15.1 Å². The van der Waals surface area contributed by atoms with Crippen molar-refractivity contribution in [2.45, 2.75) is 17.9 Å². The number of carbonyl (C=O) groups excluding carboxylic acids is 1. The highest BCUT2D eigenvalue weighted by molar-refractivity contribution is 7.89. The molecule has 0 aliphatic rings. The highest BCUT2D eigenvalue weighted by atomic mass is 35.5. The summed E-state index contributed by atoms with van der Waals surface area (Å²) in [5.74, 6) is -0.572. The van der Waals surface area contributed by atoms with Gasteiger partial charge in [0.05, 0.1) is 21.6 Å². The number of nitrogens with one attached hydrogen (secondary N) is 2. The van der Waals surface area contributed by atoms with Crippen LogP contribution in [-0.2, 0) is 14.8 Å². The highest BCUT2D eigenvalue weighted by Crippen LogP contribution is 2.25. The highest BCUT2D eigenvalue weighted by Gasteiger charge is 2.22. The molecule has 0 aliphatic carbocycles. The molecule has 2 rings (SSSR count). The molecule has 0 unspecified atom stereocenters. The van der Waals surface area contributed by atoms with Crippen molar-refractivity contribution in [3.63, 3.8) is 0 Å². The molecule has 128 valence electrons. The lowest BCUT2D eigenvalue weighted by Crippen LogP contribution is -2.41. The van der Waals surface area contributed by atoms with Gasteiger partial charge in [-0.05, 0) is 49.4 Å². The second-order valence-corrected chi connectivity index (χ2v) is 7.90. The number of sulfonamides is 1. The molecule has 0 saturated carbocycles. The summed E-state index contributed by atoms with van der Waals surface area (Å²) in [6, 6.07) is 9.16. The SMILES string of the molecule is C[C@@H](NS(=O)(=O)c1ccc(Cl)cc1)C(=O)Nc1cc(Cl)ccc1Cl. The Labute approximate surface area is 155 Å². The van der Waals surface area contributed by atoms with Crippen molar-refractivity contribution in [2.24, 2.45) is 0 Å². The third-order valence-corrected chi connectivity index (χ3v) is 5.41. The number of carbonyl (C=O) groups is 1. The van der Waals surface area contributed by atoms with Gasteiger partial charge in [-0.1, -0.05) is 34.8 Å². The number of halogens is 3. The number of hydrogen-bond acceptors (Lipinski definition) is 3. The normalized spacial score (nSPS) is 12.7. The summed E-state index contributed by atoms with van der Waals surface area (Å²) in [5.41, 5.74) is 0.298. The van der Waals surface area contributed by atoms with Gasteiger partial charge in [0.1, 0.15) is 0 Å². The third-order valence-electron chi connectivity index (χ3n) is 3.04. The topological polar surface area (TPSA) is 75.3 Å². The maximum Gasteiger partial charge on any atom is 0.242 e. The summed E-state index contributed by atoms with van der Waals surface area (Å²) in [5, 5.41) is 3.63. The van der Waals surface area contributed by atoms with E-state index < -0.39 is 22.0 Å². The monoisotopic (exact) mass is 406 g/mol. The first-order valence-electron chi connectivity index (χ1n) is 6.73. The minimum Gasteiger partial charge on any atom is -0.323 e. The number of rotatable bonds is 5. The second kappa shape index (κ2) is 7.72. The Morgan fingerprint density at radius 1 is 1.00 bits per heavy atom. The van der Waals surface area contributed by atoms with Gasteiger partial charge in [-0.2, -0.15) is 4.72 Å². The number of benzene rings is 2. The van der Waals surface area contributed by atoms with Crippen LogP contribution in [0.5, 0.6) is 0 Å². The first-order valence-corrected chi connectivity index (χ1v) is 9.34. The minimum atomic E-state index is -3.86. The number of amides is 1. The molecule has 0 radical (unpaired) electrons. The maximum atomic E-state index is 12.3. The van der Waals surface area contributed by atoms with Crippen molar-refractivity contribution in [3.8, 4) is 0 Å². The molecule has 2 N–H and O–H groups in total. The van der Waals surface area contributed by atoms with Gasteiger partial charge in [0.15, 0.2) is 0 Å². The summed E-state index contributed by atoms with van der Waals surface area (Å²) in [6.45, 7) is 1.42. The molecule has 24 heavy (non-hydrogen) atoms. The van der Waals surface area contributed by atoms with Crippen LogP contribution >= 0.6 is 34.8 Å².